The monoisotopic (exact) mass is 199 g/mol. The smallest absolute Gasteiger partial charge is 0.119 e. The van der Waals surface area contributed by atoms with Crippen LogP contribution in [0, 0.1) is 0 Å². The standard InChI is InChI=1S/C10H14ClNO/c1-2-12-7-8-13-10-5-3-9(11)4-6-10/h3-6,12H,2,7-8H2,1H3. The minimum absolute atomic E-state index is 0.690. The average Bonchev–Trinajstić information content (AvgIpc) is 2.15. The molecule has 0 bridgehead atoms. The molecule has 0 aliphatic carbocycles. The molecule has 1 aromatic carbocycles. The number of ether oxygens (including phenoxy) is 1. The zero-order valence-corrected chi connectivity index (χ0v) is 8.47. The summed E-state index contributed by atoms with van der Waals surface area (Å²) in [5.41, 5.74) is 0. The summed E-state index contributed by atoms with van der Waals surface area (Å²) >= 11 is 5.73. The molecule has 0 amide bonds. The first-order valence-electron chi connectivity index (χ1n) is 4.42. The largest absolute Gasteiger partial charge is 0.492 e. The van der Waals surface area contributed by atoms with E-state index in [2.05, 4.69) is 12.2 Å². The van der Waals surface area contributed by atoms with E-state index in [1.807, 2.05) is 24.3 Å². The zero-order chi connectivity index (χ0) is 9.52. The number of likely N-dealkylation sites (N-methyl/N-ethyl adjacent to an activating group) is 1. The molecule has 0 spiro atoms. The fraction of sp³-hybridized carbons (Fsp3) is 0.400. The lowest BCUT2D eigenvalue weighted by atomic mass is 10.3. The van der Waals surface area contributed by atoms with Crippen molar-refractivity contribution < 1.29 is 4.74 Å². The SMILES string of the molecule is CCNCCOc1ccc(Cl)cc1. The first-order chi connectivity index (χ1) is 6.33. The molecule has 0 fully saturated rings. The lowest BCUT2D eigenvalue weighted by Crippen LogP contribution is -2.20. The van der Waals surface area contributed by atoms with Crippen LogP contribution in [-0.4, -0.2) is 19.7 Å². The normalized spacial score (nSPS) is 10.0. The molecule has 1 rings (SSSR count). The Kier molecular flexibility index (Phi) is 4.65. The molecule has 13 heavy (non-hydrogen) atoms. The van der Waals surface area contributed by atoms with Gasteiger partial charge in [0.1, 0.15) is 12.4 Å². The van der Waals surface area contributed by atoms with Crippen LogP contribution in [0.5, 0.6) is 5.75 Å². The Bertz CT molecular complexity index is 235. The molecule has 0 saturated carbocycles. The number of nitrogens with one attached hydrogen (secondary N) is 1. The molecule has 0 aliphatic heterocycles. The van der Waals surface area contributed by atoms with Gasteiger partial charge >= 0.3 is 0 Å². The van der Waals surface area contributed by atoms with Crippen molar-refractivity contribution >= 4 is 11.6 Å². The second-order valence-corrected chi connectivity index (χ2v) is 3.09. The highest BCUT2D eigenvalue weighted by molar-refractivity contribution is 6.30. The average molecular weight is 200 g/mol. The van der Waals surface area contributed by atoms with Gasteiger partial charge < -0.3 is 10.1 Å². The number of halogens is 1. The summed E-state index contributed by atoms with van der Waals surface area (Å²) in [6.45, 7) is 4.61. The molecular weight excluding hydrogens is 186 g/mol. The molecule has 1 aromatic rings. The van der Waals surface area contributed by atoms with E-state index in [1.54, 1.807) is 0 Å². The summed E-state index contributed by atoms with van der Waals surface area (Å²) in [6, 6.07) is 7.39. The fourth-order valence-corrected chi connectivity index (χ4v) is 1.07. The molecule has 0 aromatic heterocycles. The highest BCUT2D eigenvalue weighted by Gasteiger charge is 1.92. The minimum atomic E-state index is 0.690. The number of benzene rings is 1. The van der Waals surface area contributed by atoms with E-state index >= 15 is 0 Å². The summed E-state index contributed by atoms with van der Waals surface area (Å²) in [5.74, 6) is 0.863. The summed E-state index contributed by atoms with van der Waals surface area (Å²) in [4.78, 5) is 0. The van der Waals surface area contributed by atoms with Crippen molar-refractivity contribution in [3.63, 3.8) is 0 Å². The first-order valence-corrected chi connectivity index (χ1v) is 4.80. The second kappa shape index (κ2) is 5.84. The molecule has 0 aliphatic rings. The van der Waals surface area contributed by atoms with E-state index < -0.39 is 0 Å². The number of rotatable bonds is 5. The van der Waals surface area contributed by atoms with Crippen LogP contribution in [0.2, 0.25) is 5.02 Å². The van der Waals surface area contributed by atoms with Gasteiger partial charge in [-0.2, -0.15) is 0 Å². The maximum atomic E-state index is 5.73. The Labute approximate surface area is 83.9 Å². The molecule has 3 heteroatoms. The van der Waals surface area contributed by atoms with Crippen LogP contribution in [0.25, 0.3) is 0 Å². The molecule has 0 saturated heterocycles. The highest BCUT2D eigenvalue weighted by atomic mass is 35.5. The van der Waals surface area contributed by atoms with Gasteiger partial charge in [0.25, 0.3) is 0 Å². The topological polar surface area (TPSA) is 21.3 Å². The van der Waals surface area contributed by atoms with Gasteiger partial charge in [0.2, 0.25) is 0 Å². The minimum Gasteiger partial charge on any atom is -0.492 e. The maximum absolute atomic E-state index is 5.73. The van der Waals surface area contributed by atoms with Gasteiger partial charge in [-0.1, -0.05) is 18.5 Å². The zero-order valence-electron chi connectivity index (χ0n) is 7.72. The quantitative estimate of drug-likeness (QED) is 0.735. The summed E-state index contributed by atoms with van der Waals surface area (Å²) in [5, 5.41) is 3.91. The van der Waals surface area contributed by atoms with E-state index in [-0.39, 0.29) is 0 Å². The van der Waals surface area contributed by atoms with E-state index in [4.69, 9.17) is 16.3 Å². The van der Waals surface area contributed by atoms with Crippen LogP contribution in [0.4, 0.5) is 0 Å². The molecule has 0 atom stereocenters. The van der Waals surface area contributed by atoms with Gasteiger partial charge in [-0.05, 0) is 30.8 Å². The van der Waals surface area contributed by atoms with Gasteiger partial charge in [0, 0.05) is 11.6 Å². The lowest BCUT2D eigenvalue weighted by molar-refractivity contribution is 0.315. The van der Waals surface area contributed by atoms with Gasteiger partial charge in [-0.25, -0.2) is 0 Å². The molecule has 0 unspecified atom stereocenters. The Morgan fingerprint density at radius 3 is 2.62 bits per heavy atom. The molecule has 1 N–H and O–H groups in total. The third kappa shape index (κ3) is 4.15. The van der Waals surface area contributed by atoms with Gasteiger partial charge in [-0.3, -0.25) is 0 Å². The molecule has 2 nitrogen and oxygen atoms in total. The van der Waals surface area contributed by atoms with E-state index in [9.17, 15) is 0 Å². The Hall–Kier alpha value is -0.730. The van der Waals surface area contributed by atoms with Gasteiger partial charge in [-0.15, -0.1) is 0 Å². The molecule has 0 heterocycles. The van der Waals surface area contributed by atoms with Crippen LogP contribution in [0.3, 0.4) is 0 Å². The van der Waals surface area contributed by atoms with E-state index in [0.717, 1.165) is 23.9 Å². The third-order valence-corrected chi connectivity index (χ3v) is 1.86. The van der Waals surface area contributed by atoms with Crippen LogP contribution >= 0.6 is 11.6 Å². The summed E-state index contributed by atoms with van der Waals surface area (Å²) in [6.07, 6.45) is 0. The van der Waals surface area contributed by atoms with Crippen LogP contribution < -0.4 is 10.1 Å². The van der Waals surface area contributed by atoms with E-state index in [0.29, 0.717) is 6.61 Å². The third-order valence-electron chi connectivity index (χ3n) is 1.61. The Morgan fingerprint density at radius 1 is 1.31 bits per heavy atom. The number of hydrogen-bond donors (Lipinski definition) is 1. The van der Waals surface area contributed by atoms with Crippen LogP contribution in [0.15, 0.2) is 24.3 Å². The molecular formula is C10H14ClNO. The second-order valence-electron chi connectivity index (χ2n) is 2.66. The van der Waals surface area contributed by atoms with Gasteiger partial charge in [0.05, 0.1) is 0 Å². The Balaban J connectivity index is 2.25. The molecule has 0 radical (unpaired) electrons. The predicted octanol–water partition coefficient (Wildman–Crippen LogP) is 2.33. The van der Waals surface area contributed by atoms with Gasteiger partial charge in [0.15, 0.2) is 0 Å². The molecule has 72 valence electrons. The Morgan fingerprint density at radius 2 is 2.00 bits per heavy atom. The highest BCUT2D eigenvalue weighted by Crippen LogP contribution is 2.14. The van der Waals surface area contributed by atoms with Crippen molar-refractivity contribution in [3.8, 4) is 5.75 Å². The predicted molar refractivity (Wildman–Crippen MR) is 55.5 cm³/mol. The fourth-order valence-electron chi connectivity index (χ4n) is 0.949. The van der Waals surface area contributed by atoms with Crippen molar-refractivity contribution in [1.82, 2.24) is 5.32 Å². The van der Waals surface area contributed by atoms with Crippen molar-refractivity contribution in [2.24, 2.45) is 0 Å². The van der Waals surface area contributed by atoms with Crippen molar-refractivity contribution in [1.29, 1.82) is 0 Å². The number of hydrogen-bond acceptors (Lipinski definition) is 2. The van der Waals surface area contributed by atoms with Crippen molar-refractivity contribution in [2.75, 3.05) is 19.7 Å². The maximum Gasteiger partial charge on any atom is 0.119 e. The lowest BCUT2D eigenvalue weighted by Gasteiger charge is -2.05. The summed E-state index contributed by atoms with van der Waals surface area (Å²) in [7, 11) is 0. The van der Waals surface area contributed by atoms with E-state index in [1.165, 1.54) is 0 Å². The summed E-state index contributed by atoms with van der Waals surface area (Å²) < 4.78 is 5.44. The van der Waals surface area contributed by atoms with Crippen molar-refractivity contribution in [3.05, 3.63) is 29.3 Å². The van der Waals surface area contributed by atoms with Crippen LogP contribution in [-0.2, 0) is 0 Å². The van der Waals surface area contributed by atoms with Crippen LogP contribution in [0.1, 0.15) is 6.92 Å². The first kappa shape index (κ1) is 10.4. The van der Waals surface area contributed by atoms with Crippen molar-refractivity contribution in [2.45, 2.75) is 6.92 Å².